The summed E-state index contributed by atoms with van der Waals surface area (Å²) in [4.78, 5) is 17.1. The van der Waals surface area contributed by atoms with Crippen molar-refractivity contribution < 1.29 is 4.79 Å². The zero-order chi connectivity index (χ0) is 16.4. The van der Waals surface area contributed by atoms with Crippen LogP contribution in [0, 0.1) is 6.92 Å². The van der Waals surface area contributed by atoms with Crippen LogP contribution < -0.4 is 5.32 Å². The minimum atomic E-state index is -0.187. The van der Waals surface area contributed by atoms with Crippen LogP contribution in [-0.4, -0.2) is 11.1 Å². The van der Waals surface area contributed by atoms with Crippen molar-refractivity contribution in [3.05, 3.63) is 68.5 Å². The Morgan fingerprint density at radius 3 is 2.70 bits per heavy atom. The first kappa shape index (κ1) is 16.1. The second kappa shape index (κ2) is 6.79. The van der Waals surface area contributed by atoms with E-state index in [1.807, 2.05) is 31.2 Å². The highest BCUT2D eigenvalue weighted by molar-refractivity contribution is 8.18. The number of carbonyl (C=O) groups is 1. The van der Waals surface area contributed by atoms with Gasteiger partial charge >= 0.3 is 0 Å². The first-order valence-corrected chi connectivity index (χ1v) is 8.40. The van der Waals surface area contributed by atoms with Gasteiger partial charge in [0.15, 0.2) is 5.17 Å². The maximum atomic E-state index is 12.1. The Hall–Kier alpha value is -1.75. The minimum Gasteiger partial charge on any atom is -0.300 e. The van der Waals surface area contributed by atoms with Crippen LogP contribution in [0.4, 0.5) is 5.69 Å². The molecule has 2 aromatic rings. The summed E-state index contributed by atoms with van der Waals surface area (Å²) >= 11 is 13.3. The Kier molecular flexibility index (Phi) is 4.76. The van der Waals surface area contributed by atoms with E-state index < -0.39 is 0 Å². The number of aliphatic imine (C=N–C) groups is 1. The highest BCUT2D eigenvalue weighted by atomic mass is 35.5. The van der Waals surface area contributed by atoms with Gasteiger partial charge in [0.05, 0.1) is 10.6 Å². The van der Waals surface area contributed by atoms with E-state index in [9.17, 15) is 4.79 Å². The molecule has 0 saturated carbocycles. The molecule has 3 rings (SSSR count). The van der Waals surface area contributed by atoms with Crippen LogP contribution in [0.2, 0.25) is 10.0 Å². The summed E-state index contributed by atoms with van der Waals surface area (Å²) in [6.07, 6.45) is 1.74. The Bertz CT molecular complexity index is 846. The SMILES string of the molecule is Cc1ccccc1N=C1NC(=O)/C(=C/c2ccc(Cl)cc2Cl)S1. The number of amidine groups is 1. The molecule has 0 unspecified atom stereocenters. The van der Waals surface area contributed by atoms with E-state index in [1.54, 1.807) is 24.3 Å². The second-order valence-corrected chi connectivity index (χ2v) is 6.81. The lowest BCUT2D eigenvalue weighted by Gasteiger charge is -2.00. The zero-order valence-corrected chi connectivity index (χ0v) is 14.5. The number of para-hydroxylation sites is 1. The number of thioether (sulfide) groups is 1. The predicted octanol–water partition coefficient (Wildman–Crippen LogP) is 5.19. The summed E-state index contributed by atoms with van der Waals surface area (Å²) in [5.41, 5.74) is 2.62. The number of amides is 1. The van der Waals surface area contributed by atoms with Crippen LogP contribution in [0.25, 0.3) is 6.08 Å². The monoisotopic (exact) mass is 362 g/mol. The van der Waals surface area contributed by atoms with Crippen molar-refractivity contribution in [2.24, 2.45) is 4.99 Å². The Labute approximate surface area is 148 Å². The Balaban J connectivity index is 1.88. The summed E-state index contributed by atoms with van der Waals surface area (Å²) in [7, 11) is 0. The molecule has 0 spiro atoms. The molecule has 0 atom stereocenters. The molecule has 1 aliphatic heterocycles. The number of nitrogens with zero attached hydrogens (tertiary/aromatic N) is 1. The van der Waals surface area contributed by atoms with Crippen LogP contribution in [0.5, 0.6) is 0 Å². The van der Waals surface area contributed by atoms with Gasteiger partial charge < -0.3 is 5.32 Å². The van der Waals surface area contributed by atoms with Crippen molar-refractivity contribution in [1.82, 2.24) is 5.32 Å². The quantitative estimate of drug-likeness (QED) is 0.746. The number of carbonyl (C=O) groups excluding carboxylic acids is 1. The first-order chi connectivity index (χ1) is 11.0. The number of benzene rings is 2. The van der Waals surface area contributed by atoms with Crippen molar-refractivity contribution in [3.63, 3.8) is 0 Å². The largest absolute Gasteiger partial charge is 0.300 e. The van der Waals surface area contributed by atoms with E-state index in [4.69, 9.17) is 23.2 Å². The van der Waals surface area contributed by atoms with Gasteiger partial charge in [-0.2, -0.15) is 0 Å². The number of hydrogen-bond acceptors (Lipinski definition) is 3. The second-order valence-electron chi connectivity index (χ2n) is 4.93. The standard InChI is InChI=1S/C17H12Cl2N2OS/c1-10-4-2-3-5-14(10)20-17-21-16(22)15(23-17)8-11-6-7-12(18)9-13(11)19/h2-9H,1H3,(H,20,21,22)/b15-8-. The van der Waals surface area contributed by atoms with E-state index in [2.05, 4.69) is 10.3 Å². The van der Waals surface area contributed by atoms with Gasteiger partial charge in [0, 0.05) is 10.0 Å². The fourth-order valence-electron chi connectivity index (χ4n) is 2.04. The molecule has 23 heavy (non-hydrogen) atoms. The molecular weight excluding hydrogens is 351 g/mol. The minimum absolute atomic E-state index is 0.187. The zero-order valence-electron chi connectivity index (χ0n) is 12.1. The predicted molar refractivity (Wildman–Crippen MR) is 98.4 cm³/mol. The number of hydrogen-bond donors (Lipinski definition) is 1. The molecule has 0 radical (unpaired) electrons. The normalized spacial score (nSPS) is 17.8. The summed E-state index contributed by atoms with van der Waals surface area (Å²) in [5.74, 6) is -0.187. The van der Waals surface area contributed by atoms with Crippen LogP contribution in [-0.2, 0) is 4.79 Å². The maximum Gasteiger partial charge on any atom is 0.264 e. The van der Waals surface area contributed by atoms with E-state index in [0.29, 0.717) is 20.1 Å². The van der Waals surface area contributed by atoms with E-state index in [1.165, 1.54) is 11.8 Å². The van der Waals surface area contributed by atoms with Crippen molar-refractivity contribution >= 4 is 57.8 Å². The fourth-order valence-corrected chi connectivity index (χ4v) is 3.33. The highest BCUT2D eigenvalue weighted by Gasteiger charge is 2.24. The number of aryl methyl sites for hydroxylation is 1. The van der Waals surface area contributed by atoms with Gasteiger partial charge in [-0.1, -0.05) is 47.5 Å². The summed E-state index contributed by atoms with van der Waals surface area (Å²) in [6, 6.07) is 12.9. The fraction of sp³-hybridized carbons (Fsp3) is 0.0588. The lowest BCUT2D eigenvalue weighted by molar-refractivity contribution is -0.115. The smallest absolute Gasteiger partial charge is 0.264 e. The molecule has 6 heteroatoms. The maximum absolute atomic E-state index is 12.1. The van der Waals surface area contributed by atoms with Crippen LogP contribution in [0.3, 0.4) is 0 Å². The van der Waals surface area contributed by atoms with Crippen molar-refractivity contribution in [2.75, 3.05) is 0 Å². The van der Waals surface area contributed by atoms with E-state index in [0.717, 1.165) is 16.8 Å². The highest BCUT2D eigenvalue weighted by Crippen LogP contribution is 2.31. The Morgan fingerprint density at radius 1 is 1.17 bits per heavy atom. The molecule has 0 bridgehead atoms. The molecule has 1 amide bonds. The third-order valence-corrected chi connectivity index (χ3v) is 4.71. The van der Waals surface area contributed by atoms with Crippen molar-refractivity contribution in [3.8, 4) is 0 Å². The average molecular weight is 363 g/mol. The number of halogens is 2. The van der Waals surface area contributed by atoms with Gasteiger partial charge in [-0.15, -0.1) is 0 Å². The lowest BCUT2D eigenvalue weighted by Crippen LogP contribution is -2.19. The molecule has 0 aliphatic carbocycles. The molecule has 1 N–H and O–H groups in total. The average Bonchev–Trinajstić information content (AvgIpc) is 2.84. The molecule has 116 valence electrons. The van der Waals surface area contributed by atoms with Crippen LogP contribution in [0.15, 0.2) is 52.4 Å². The molecule has 1 aliphatic rings. The number of nitrogens with one attached hydrogen (secondary N) is 1. The summed E-state index contributed by atoms with van der Waals surface area (Å²) in [6.45, 7) is 1.98. The van der Waals surface area contributed by atoms with Crippen molar-refractivity contribution in [2.45, 2.75) is 6.92 Å². The van der Waals surface area contributed by atoms with Crippen LogP contribution in [0.1, 0.15) is 11.1 Å². The topological polar surface area (TPSA) is 41.5 Å². The number of rotatable bonds is 2. The van der Waals surface area contributed by atoms with Gasteiger partial charge in [-0.05, 0) is 54.1 Å². The van der Waals surface area contributed by atoms with Crippen molar-refractivity contribution in [1.29, 1.82) is 0 Å². The van der Waals surface area contributed by atoms with Crippen LogP contribution >= 0.6 is 35.0 Å². The molecule has 1 heterocycles. The summed E-state index contributed by atoms with van der Waals surface area (Å²) in [5, 5.41) is 4.38. The first-order valence-electron chi connectivity index (χ1n) is 6.83. The molecule has 1 saturated heterocycles. The third kappa shape index (κ3) is 3.78. The summed E-state index contributed by atoms with van der Waals surface area (Å²) < 4.78 is 0. The van der Waals surface area contributed by atoms with E-state index >= 15 is 0 Å². The van der Waals surface area contributed by atoms with E-state index in [-0.39, 0.29) is 5.91 Å². The lowest BCUT2D eigenvalue weighted by atomic mass is 10.2. The molecule has 1 fully saturated rings. The van der Waals surface area contributed by atoms with Gasteiger partial charge in [0.1, 0.15) is 0 Å². The van der Waals surface area contributed by atoms with Gasteiger partial charge in [-0.3, -0.25) is 4.79 Å². The molecule has 0 aromatic heterocycles. The molecule has 3 nitrogen and oxygen atoms in total. The molecular formula is C17H12Cl2N2OS. The third-order valence-electron chi connectivity index (χ3n) is 3.24. The Morgan fingerprint density at radius 2 is 1.96 bits per heavy atom. The van der Waals surface area contributed by atoms with Gasteiger partial charge in [0.25, 0.3) is 5.91 Å². The van der Waals surface area contributed by atoms with Gasteiger partial charge in [-0.25, -0.2) is 4.99 Å². The molecule has 2 aromatic carbocycles. The van der Waals surface area contributed by atoms with Gasteiger partial charge in [0.2, 0.25) is 0 Å².